The van der Waals surface area contributed by atoms with Crippen LogP contribution >= 0.6 is 0 Å². The van der Waals surface area contributed by atoms with Crippen molar-refractivity contribution in [2.45, 2.75) is 31.7 Å². The zero-order valence-electron chi connectivity index (χ0n) is 20.4. The minimum absolute atomic E-state index is 0.00838. The Kier molecular flexibility index (Phi) is 7.70. The summed E-state index contributed by atoms with van der Waals surface area (Å²) >= 11 is 0. The maximum Gasteiger partial charge on any atom is 0.374 e. The number of esters is 1. The molecule has 0 unspecified atom stereocenters. The van der Waals surface area contributed by atoms with E-state index in [1.165, 1.54) is 28.6 Å². The van der Waals surface area contributed by atoms with Crippen molar-refractivity contribution in [3.63, 3.8) is 0 Å². The van der Waals surface area contributed by atoms with Crippen LogP contribution in [-0.4, -0.2) is 36.8 Å². The zero-order valence-corrected chi connectivity index (χ0v) is 21.2. The summed E-state index contributed by atoms with van der Waals surface area (Å²) in [6, 6.07) is 19.9. The van der Waals surface area contributed by atoms with Crippen molar-refractivity contribution in [1.82, 2.24) is 4.31 Å². The average Bonchev–Trinajstić information content (AvgIpc) is 3.23. The van der Waals surface area contributed by atoms with Crippen LogP contribution in [0.4, 0.5) is 5.69 Å². The van der Waals surface area contributed by atoms with Gasteiger partial charge in [-0.15, -0.1) is 0 Å². The van der Waals surface area contributed by atoms with Gasteiger partial charge >= 0.3 is 5.97 Å². The molecule has 10 heteroatoms. The van der Waals surface area contributed by atoms with Gasteiger partial charge in [-0.1, -0.05) is 48.5 Å². The molecule has 0 aliphatic heterocycles. The van der Waals surface area contributed by atoms with Crippen LogP contribution in [-0.2, 0) is 27.7 Å². The van der Waals surface area contributed by atoms with Crippen LogP contribution in [0.25, 0.3) is 11.0 Å². The topological polar surface area (TPSA) is 120 Å². The number of sulfonamides is 1. The van der Waals surface area contributed by atoms with Gasteiger partial charge in [-0.25, -0.2) is 13.2 Å². The molecule has 0 spiro atoms. The summed E-state index contributed by atoms with van der Waals surface area (Å²) in [4.78, 5) is 23.3. The Labute approximate surface area is 214 Å². The molecule has 0 amide bonds. The first kappa shape index (κ1) is 26.1. The van der Waals surface area contributed by atoms with Gasteiger partial charge in [0, 0.05) is 35.7 Å². The summed E-state index contributed by atoms with van der Waals surface area (Å²) in [5.74, 6) is -0.603. The molecule has 9 nitrogen and oxygen atoms in total. The number of furan rings is 1. The van der Waals surface area contributed by atoms with E-state index in [1.807, 2.05) is 30.3 Å². The van der Waals surface area contributed by atoms with E-state index in [0.29, 0.717) is 23.0 Å². The Morgan fingerprint density at radius 3 is 2.46 bits per heavy atom. The highest BCUT2D eigenvalue weighted by Gasteiger charge is 2.28. The minimum atomic E-state index is -4.09. The van der Waals surface area contributed by atoms with Crippen molar-refractivity contribution in [3.8, 4) is 0 Å². The van der Waals surface area contributed by atoms with Gasteiger partial charge in [0.2, 0.25) is 15.8 Å². The third-order valence-corrected chi connectivity index (χ3v) is 7.88. The van der Waals surface area contributed by atoms with E-state index in [-0.39, 0.29) is 41.6 Å². The first-order chi connectivity index (χ1) is 17.7. The Hall–Kier alpha value is -4.02. The van der Waals surface area contributed by atoms with Crippen LogP contribution in [0.5, 0.6) is 0 Å². The van der Waals surface area contributed by atoms with Crippen molar-refractivity contribution in [3.05, 3.63) is 105 Å². The Bertz CT molecular complexity index is 1550. The van der Waals surface area contributed by atoms with Crippen LogP contribution in [0.3, 0.4) is 0 Å². The molecule has 0 atom stereocenters. The number of rotatable bonds is 10. The van der Waals surface area contributed by atoms with Crippen LogP contribution in [0, 0.1) is 17.0 Å². The molecule has 3 aromatic carbocycles. The molecule has 0 saturated heterocycles. The molecule has 192 valence electrons. The predicted molar refractivity (Wildman–Crippen MR) is 138 cm³/mol. The van der Waals surface area contributed by atoms with Gasteiger partial charge in [-0.3, -0.25) is 10.1 Å². The van der Waals surface area contributed by atoms with Crippen molar-refractivity contribution < 1.29 is 27.3 Å². The molecule has 37 heavy (non-hydrogen) atoms. The summed E-state index contributed by atoms with van der Waals surface area (Å²) in [5, 5.41) is 12.0. The SMILES string of the molecule is CCOC(=O)c1oc2ccc(S(=O)(=O)N(CCc3ccccc3)Cc3ccccc3[N+](=O)[O-])cc2c1C. The first-order valence-corrected chi connectivity index (χ1v) is 13.1. The summed E-state index contributed by atoms with van der Waals surface area (Å²) in [6.45, 7) is 3.45. The molecular formula is C27H26N2O7S. The molecule has 0 N–H and O–H groups in total. The van der Waals surface area contributed by atoms with Crippen molar-refractivity contribution in [2.75, 3.05) is 13.2 Å². The van der Waals surface area contributed by atoms with Crippen molar-refractivity contribution in [2.24, 2.45) is 0 Å². The van der Waals surface area contributed by atoms with E-state index in [2.05, 4.69) is 0 Å². The van der Waals surface area contributed by atoms with E-state index in [4.69, 9.17) is 9.15 Å². The number of carbonyl (C=O) groups excluding carboxylic acids is 1. The molecule has 4 rings (SSSR count). The summed E-state index contributed by atoms with van der Waals surface area (Å²) in [5.41, 5.74) is 1.90. The average molecular weight is 523 g/mol. The molecule has 0 aliphatic carbocycles. The predicted octanol–water partition coefficient (Wildman–Crippen LogP) is 5.26. The molecule has 0 fully saturated rings. The molecular weight excluding hydrogens is 496 g/mol. The number of fused-ring (bicyclic) bond motifs is 1. The number of benzene rings is 3. The van der Waals surface area contributed by atoms with E-state index >= 15 is 0 Å². The van der Waals surface area contributed by atoms with E-state index in [1.54, 1.807) is 32.0 Å². The van der Waals surface area contributed by atoms with Crippen molar-refractivity contribution in [1.29, 1.82) is 0 Å². The van der Waals surface area contributed by atoms with Gasteiger partial charge in [0.05, 0.1) is 16.4 Å². The van der Waals surface area contributed by atoms with Gasteiger partial charge in [-0.2, -0.15) is 4.31 Å². The fraction of sp³-hybridized carbons (Fsp3) is 0.222. The molecule has 4 aromatic rings. The number of hydrogen-bond donors (Lipinski definition) is 0. The standard InChI is InChI=1S/C27H26N2O7S/c1-3-35-27(30)26-19(2)23-17-22(13-14-25(23)36-26)37(33,34)28(16-15-20-9-5-4-6-10-20)18-21-11-7-8-12-24(21)29(31)32/h4-14,17H,3,15-16,18H2,1-2H3. The second-order valence-corrected chi connectivity index (χ2v) is 10.3. The lowest BCUT2D eigenvalue weighted by Gasteiger charge is -2.22. The smallest absolute Gasteiger partial charge is 0.374 e. The number of nitrogens with zero attached hydrogens (tertiary/aromatic N) is 2. The second-order valence-electron chi connectivity index (χ2n) is 8.39. The molecule has 0 aliphatic rings. The number of nitro benzene ring substituents is 1. The van der Waals surface area contributed by atoms with Gasteiger partial charge in [0.1, 0.15) is 5.58 Å². The maximum atomic E-state index is 13.9. The molecule has 0 saturated carbocycles. The normalized spacial score (nSPS) is 11.6. The number of aryl methyl sites for hydroxylation is 1. The molecule has 1 heterocycles. The van der Waals surface area contributed by atoms with Crippen LogP contribution in [0.1, 0.15) is 34.2 Å². The summed E-state index contributed by atoms with van der Waals surface area (Å²) in [7, 11) is -4.09. The van der Waals surface area contributed by atoms with E-state index in [0.717, 1.165) is 5.56 Å². The number of carbonyl (C=O) groups is 1. The fourth-order valence-electron chi connectivity index (χ4n) is 4.10. The summed E-state index contributed by atoms with van der Waals surface area (Å²) in [6.07, 6.45) is 0.417. The third-order valence-electron chi connectivity index (χ3n) is 6.03. The first-order valence-electron chi connectivity index (χ1n) is 11.7. The molecule has 0 bridgehead atoms. The minimum Gasteiger partial charge on any atom is -0.460 e. The van der Waals surface area contributed by atoms with Gasteiger partial charge in [0.25, 0.3) is 5.69 Å². The fourth-order valence-corrected chi connectivity index (χ4v) is 5.54. The van der Waals surface area contributed by atoms with Gasteiger partial charge in [-0.05, 0) is 44.0 Å². The Morgan fingerprint density at radius 1 is 1.05 bits per heavy atom. The van der Waals surface area contributed by atoms with Gasteiger partial charge in [0.15, 0.2) is 0 Å². The maximum absolute atomic E-state index is 13.9. The summed E-state index contributed by atoms with van der Waals surface area (Å²) < 4.78 is 39.6. The Balaban J connectivity index is 1.74. The highest BCUT2D eigenvalue weighted by atomic mass is 32.2. The van der Waals surface area contributed by atoms with E-state index in [9.17, 15) is 23.3 Å². The number of hydrogen-bond acceptors (Lipinski definition) is 7. The number of ether oxygens (including phenoxy) is 1. The number of para-hydroxylation sites is 1. The second kappa shape index (κ2) is 10.9. The van der Waals surface area contributed by atoms with Crippen molar-refractivity contribution >= 4 is 32.6 Å². The van der Waals surface area contributed by atoms with Gasteiger partial charge < -0.3 is 9.15 Å². The third kappa shape index (κ3) is 5.55. The highest BCUT2D eigenvalue weighted by Crippen LogP contribution is 2.30. The van der Waals surface area contributed by atoms with E-state index < -0.39 is 20.9 Å². The quantitative estimate of drug-likeness (QED) is 0.158. The van der Waals surface area contributed by atoms with Crippen LogP contribution in [0.15, 0.2) is 82.1 Å². The highest BCUT2D eigenvalue weighted by molar-refractivity contribution is 7.89. The lowest BCUT2D eigenvalue weighted by molar-refractivity contribution is -0.385. The lowest BCUT2D eigenvalue weighted by atomic mass is 10.1. The van der Waals surface area contributed by atoms with Crippen LogP contribution in [0.2, 0.25) is 0 Å². The molecule has 1 aromatic heterocycles. The zero-order chi connectivity index (χ0) is 26.6. The monoisotopic (exact) mass is 522 g/mol. The molecule has 0 radical (unpaired) electrons. The number of nitro groups is 1. The lowest BCUT2D eigenvalue weighted by Crippen LogP contribution is -2.32. The largest absolute Gasteiger partial charge is 0.460 e. The Morgan fingerprint density at radius 2 is 1.76 bits per heavy atom. The van der Waals surface area contributed by atoms with Crippen LogP contribution < -0.4 is 0 Å².